The van der Waals surface area contributed by atoms with Crippen LogP contribution in [0.1, 0.15) is 6.42 Å². The first kappa shape index (κ1) is 9.95. The monoisotopic (exact) mass is 192 g/mol. The Kier molecular flexibility index (Phi) is 3.49. The number of rotatable bonds is 4. The fourth-order valence-corrected chi connectivity index (χ4v) is 3.07. The van der Waals surface area contributed by atoms with Gasteiger partial charge in [-0.25, -0.2) is 8.42 Å². The first-order valence-corrected chi connectivity index (χ1v) is 6.04. The Balaban J connectivity index is 2.20. The van der Waals surface area contributed by atoms with Crippen molar-refractivity contribution < 1.29 is 8.42 Å². The van der Waals surface area contributed by atoms with Gasteiger partial charge in [0.2, 0.25) is 0 Å². The van der Waals surface area contributed by atoms with E-state index in [4.69, 9.17) is 0 Å². The highest BCUT2D eigenvalue weighted by Crippen LogP contribution is 2.10. The van der Waals surface area contributed by atoms with Crippen molar-refractivity contribution in [1.29, 1.82) is 0 Å². The largest absolute Gasteiger partial charge is 0.318 e. The quantitative estimate of drug-likeness (QED) is 0.560. The molecule has 2 N–H and O–H groups in total. The summed E-state index contributed by atoms with van der Waals surface area (Å²) >= 11 is 0. The summed E-state index contributed by atoms with van der Waals surface area (Å²) in [5, 5.41) is 6.20. The van der Waals surface area contributed by atoms with Crippen molar-refractivity contribution in [2.45, 2.75) is 12.5 Å². The van der Waals surface area contributed by atoms with Gasteiger partial charge in [-0.05, 0) is 13.5 Å². The Bertz CT molecular complexity index is 226. The standard InChI is InChI=1S/C7H16N2O2S/c1-8-3-4-9-7-2-5-12(10,11)6-7/h7-9H,2-6H2,1H3. The molecular weight excluding hydrogens is 176 g/mol. The van der Waals surface area contributed by atoms with Gasteiger partial charge in [0.15, 0.2) is 9.84 Å². The molecule has 0 saturated carbocycles. The molecule has 0 spiro atoms. The van der Waals surface area contributed by atoms with Gasteiger partial charge in [0, 0.05) is 19.1 Å². The lowest BCUT2D eigenvalue weighted by molar-refractivity contribution is 0.546. The molecule has 1 fully saturated rings. The third kappa shape index (κ3) is 3.08. The highest BCUT2D eigenvalue weighted by molar-refractivity contribution is 7.91. The van der Waals surface area contributed by atoms with Crippen molar-refractivity contribution in [3.63, 3.8) is 0 Å². The third-order valence-electron chi connectivity index (χ3n) is 2.04. The zero-order valence-corrected chi connectivity index (χ0v) is 8.15. The van der Waals surface area contributed by atoms with Crippen LogP contribution in [0.3, 0.4) is 0 Å². The molecule has 1 atom stereocenters. The van der Waals surface area contributed by atoms with Gasteiger partial charge in [-0.3, -0.25) is 0 Å². The minimum Gasteiger partial charge on any atom is -0.318 e. The fourth-order valence-electron chi connectivity index (χ4n) is 1.36. The van der Waals surface area contributed by atoms with Gasteiger partial charge in [-0.2, -0.15) is 0 Å². The molecule has 0 aromatic rings. The molecule has 5 heteroatoms. The van der Waals surface area contributed by atoms with E-state index in [9.17, 15) is 8.42 Å². The van der Waals surface area contributed by atoms with Crippen molar-refractivity contribution in [3.05, 3.63) is 0 Å². The van der Waals surface area contributed by atoms with E-state index < -0.39 is 9.84 Å². The van der Waals surface area contributed by atoms with E-state index in [1.54, 1.807) is 0 Å². The zero-order valence-electron chi connectivity index (χ0n) is 7.34. The second-order valence-corrected chi connectivity index (χ2v) is 5.39. The summed E-state index contributed by atoms with van der Waals surface area (Å²) in [6, 6.07) is 0.184. The Hall–Kier alpha value is -0.130. The molecular formula is C7H16N2O2S. The lowest BCUT2D eigenvalue weighted by Gasteiger charge is -2.09. The molecule has 0 bridgehead atoms. The van der Waals surface area contributed by atoms with Crippen LogP contribution >= 0.6 is 0 Å². The summed E-state index contributed by atoms with van der Waals surface area (Å²) in [5.74, 6) is 0.668. The van der Waals surface area contributed by atoms with E-state index >= 15 is 0 Å². The maximum absolute atomic E-state index is 11.0. The second kappa shape index (κ2) is 4.20. The zero-order chi connectivity index (χ0) is 9.03. The lowest BCUT2D eigenvalue weighted by Crippen LogP contribution is -2.34. The van der Waals surface area contributed by atoms with Crippen LogP contribution in [0.15, 0.2) is 0 Å². The van der Waals surface area contributed by atoms with Gasteiger partial charge in [0.1, 0.15) is 0 Å². The van der Waals surface area contributed by atoms with Crippen LogP contribution < -0.4 is 10.6 Å². The second-order valence-electron chi connectivity index (χ2n) is 3.16. The van der Waals surface area contributed by atoms with Crippen LogP contribution in [0.5, 0.6) is 0 Å². The molecule has 1 heterocycles. The molecule has 0 radical (unpaired) electrons. The van der Waals surface area contributed by atoms with Gasteiger partial charge in [0.05, 0.1) is 11.5 Å². The Morgan fingerprint density at radius 3 is 2.67 bits per heavy atom. The lowest BCUT2D eigenvalue weighted by atomic mass is 10.3. The van der Waals surface area contributed by atoms with Crippen LogP contribution in [-0.4, -0.2) is 46.1 Å². The first-order valence-electron chi connectivity index (χ1n) is 4.22. The van der Waals surface area contributed by atoms with Gasteiger partial charge in [-0.1, -0.05) is 0 Å². The number of sulfone groups is 1. The van der Waals surface area contributed by atoms with E-state index in [1.165, 1.54) is 0 Å². The van der Waals surface area contributed by atoms with Gasteiger partial charge < -0.3 is 10.6 Å². The number of hydrogen-bond donors (Lipinski definition) is 2. The molecule has 1 saturated heterocycles. The highest BCUT2D eigenvalue weighted by atomic mass is 32.2. The SMILES string of the molecule is CNCCNC1CCS(=O)(=O)C1. The Morgan fingerprint density at radius 2 is 2.17 bits per heavy atom. The number of likely N-dealkylation sites (N-methyl/N-ethyl adjacent to an activating group) is 1. The van der Waals surface area contributed by atoms with Crippen molar-refractivity contribution in [2.75, 3.05) is 31.6 Å². The molecule has 1 aliphatic rings. The summed E-state index contributed by atoms with van der Waals surface area (Å²) in [6.07, 6.45) is 0.770. The maximum Gasteiger partial charge on any atom is 0.151 e. The summed E-state index contributed by atoms with van der Waals surface area (Å²) < 4.78 is 22.0. The summed E-state index contributed by atoms with van der Waals surface area (Å²) in [5.41, 5.74) is 0. The Morgan fingerprint density at radius 1 is 1.42 bits per heavy atom. The van der Waals surface area contributed by atoms with Crippen LogP contribution in [0, 0.1) is 0 Å². The molecule has 1 aliphatic heterocycles. The van der Waals surface area contributed by atoms with Crippen LogP contribution in [0.2, 0.25) is 0 Å². The summed E-state index contributed by atoms with van der Waals surface area (Å²) in [7, 11) is -0.833. The first-order chi connectivity index (χ1) is 5.64. The van der Waals surface area contributed by atoms with Crippen molar-refractivity contribution in [2.24, 2.45) is 0 Å². The molecule has 0 aromatic heterocycles. The van der Waals surface area contributed by atoms with E-state index in [0.29, 0.717) is 11.5 Å². The third-order valence-corrected chi connectivity index (χ3v) is 3.81. The minimum absolute atomic E-state index is 0.184. The van der Waals surface area contributed by atoms with Gasteiger partial charge in [-0.15, -0.1) is 0 Å². The molecule has 1 unspecified atom stereocenters. The smallest absolute Gasteiger partial charge is 0.151 e. The van der Waals surface area contributed by atoms with Crippen molar-refractivity contribution in [1.82, 2.24) is 10.6 Å². The van der Waals surface area contributed by atoms with E-state index in [0.717, 1.165) is 19.5 Å². The molecule has 72 valence electrons. The van der Waals surface area contributed by atoms with E-state index in [1.807, 2.05) is 7.05 Å². The highest BCUT2D eigenvalue weighted by Gasteiger charge is 2.26. The van der Waals surface area contributed by atoms with E-state index in [-0.39, 0.29) is 6.04 Å². The van der Waals surface area contributed by atoms with Crippen molar-refractivity contribution >= 4 is 9.84 Å². The molecule has 1 rings (SSSR count). The van der Waals surface area contributed by atoms with Crippen LogP contribution in [0.25, 0.3) is 0 Å². The molecule has 0 amide bonds. The minimum atomic E-state index is -2.72. The predicted molar refractivity (Wildman–Crippen MR) is 49.0 cm³/mol. The molecule has 0 aliphatic carbocycles. The van der Waals surface area contributed by atoms with Crippen LogP contribution in [-0.2, 0) is 9.84 Å². The van der Waals surface area contributed by atoms with E-state index in [2.05, 4.69) is 10.6 Å². The van der Waals surface area contributed by atoms with Gasteiger partial charge in [0.25, 0.3) is 0 Å². The molecule has 12 heavy (non-hydrogen) atoms. The predicted octanol–water partition coefficient (Wildman–Crippen LogP) is -1.02. The Labute approximate surface area is 73.6 Å². The molecule has 4 nitrogen and oxygen atoms in total. The van der Waals surface area contributed by atoms with Gasteiger partial charge >= 0.3 is 0 Å². The summed E-state index contributed by atoms with van der Waals surface area (Å²) in [4.78, 5) is 0. The number of hydrogen-bond acceptors (Lipinski definition) is 4. The summed E-state index contributed by atoms with van der Waals surface area (Å²) in [6.45, 7) is 1.73. The van der Waals surface area contributed by atoms with Crippen molar-refractivity contribution in [3.8, 4) is 0 Å². The van der Waals surface area contributed by atoms with Crippen LogP contribution in [0.4, 0.5) is 0 Å². The molecule has 0 aromatic carbocycles. The normalized spacial score (nSPS) is 27.6. The number of nitrogens with one attached hydrogen (secondary N) is 2. The maximum atomic E-state index is 11.0. The topological polar surface area (TPSA) is 58.2 Å². The average molecular weight is 192 g/mol. The average Bonchev–Trinajstić information content (AvgIpc) is 2.31. The fraction of sp³-hybridized carbons (Fsp3) is 1.00.